The maximum Gasteiger partial charge on any atom is 0.410 e. The summed E-state index contributed by atoms with van der Waals surface area (Å²) in [6, 6.07) is 0.370. The lowest BCUT2D eigenvalue weighted by atomic mass is 10.0. The highest BCUT2D eigenvalue weighted by Crippen LogP contribution is 2.39. The summed E-state index contributed by atoms with van der Waals surface area (Å²) < 4.78 is 41.8. The average molecular weight is 519 g/mol. The highest BCUT2D eigenvalue weighted by Gasteiger charge is 2.36. The van der Waals surface area contributed by atoms with E-state index in [1.165, 1.54) is 17.2 Å². The molecule has 10 heteroatoms. The zero-order valence-corrected chi connectivity index (χ0v) is 21.4. The van der Waals surface area contributed by atoms with E-state index < -0.39 is 46.9 Å². The van der Waals surface area contributed by atoms with Crippen LogP contribution in [0.3, 0.4) is 0 Å². The molecule has 1 aromatic carbocycles. The van der Waals surface area contributed by atoms with Crippen molar-refractivity contribution in [2.24, 2.45) is 0 Å². The first-order valence-electron chi connectivity index (χ1n) is 12.5. The molecule has 2 atom stereocenters. The summed E-state index contributed by atoms with van der Waals surface area (Å²) in [6.07, 6.45) is 5.18. The van der Waals surface area contributed by atoms with Crippen LogP contribution in [-0.2, 0) is 9.47 Å². The number of benzene rings is 1. The Morgan fingerprint density at radius 2 is 1.95 bits per heavy atom. The van der Waals surface area contributed by atoms with Crippen molar-refractivity contribution >= 4 is 29.0 Å². The van der Waals surface area contributed by atoms with Crippen molar-refractivity contribution in [1.29, 1.82) is 0 Å². The fraction of sp³-hybridized carbons (Fsp3) is 0.519. The number of likely N-dealkylation sites (tertiary alicyclic amines) is 1. The number of carbonyl (C=O) groups is 2. The van der Waals surface area contributed by atoms with Crippen LogP contribution in [0.25, 0.3) is 17.0 Å². The van der Waals surface area contributed by atoms with Crippen LogP contribution < -0.4 is 5.43 Å². The molecule has 1 aliphatic carbocycles. The average Bonchev–Trinajstić information content (AvgIpc) is 3.58. The number of halogens is 2. The van der Waals surface area contributed by atoms with Crippen LogP contribution in [-0.4, -0.2) is 57.5 Å². The molecule has 1 saturated carbocycles. The van der Waals surface area contributed by atoms with Gasteiger partial charge in [-0.3, -0.25) is 4.79 Å². The molecule has 1 aromatic heterocycles. The number of aromatic nitrogens is 1. The number of aliphatic hydroxyl groups is 1. The molecule has 2 heterocycles. The van der Waals surface area contributed by atoms with Crippen LogP contribution >= 0.6 is 0 Å². The minimum atomic E-state index is -1.21. The summed E-state index contributed by atoms with van der Waals surface area (Å²) in [6.45, 7) is 7.04. The second-order valence-electron chi connectivity index (χ2n) is 10.5. The van der Waals surface area contributed by atoms with Crippen molar-refractivity contribution in [1.82, 2.24) is 9.47 Å². The summed E-state index contributed by atoms with van der Waals surface area (Å²) in [4.78, 5) is 39.5. The van der Waals surface area contributed by atoms with E-state index in [2.05, 4.69) is 0 Å². The fourth-order valence-electron chi connectivity index (χ4n) is 4.64. The molecule has 2 aliphatic rings. The Morgan fingerprint density at radius 1 is 1.24 bits per heavy atom. The largest absolute Gasteiger partial charge is 0.462 e. The minimum Gasteiger partial charge on any atom is -0.462 e. The number of ether oxygens (including phenoxy) is 2. The van der Waals surface area contributed by atoms with E-state index in [0.29, 0.717) is 6.42 Å². The maximum atomic E-state index is 15.1. The van der Waals surface area contributed by atoms with Crippen molar-refractivity contribution < 1.29 is 33.0 Å². The Balaban J connectivity index is 1.71. The second-order valence-corrected chi connectivity index (χ2v) is 10.5. The van der Waals surface area contributed by atoms with E-state index in [-0.39, 0.29) is 47.6 Å². The summed E-state index contributed by atoms with van der Waals surface area (Å²) in [5.74, 6) is -3.14. The topological polar surface area (TPSA) is 98.1 Å². The molecule has 1 N–H and O–H groups in total. The van der Waals surface area contributed by atoms with Gasteiger partial charge in [-0.1, -0.05) is 12.2 Å². The first kappa shape index (κ1) is 26.8. The lowest BCUT2D eigenvalue weighted by Gasteiger charge is -2.28. The third-order valence-electron chi connectivity index (χ3n) is 6.39. The zero-order chi connectivity index (χ0) is 27.1. The van der Waals surface area contributed by atoms with Crippen molar-refractivity contribution in [3.63, 3.8) is 0 Å². The van der Waals surface area contributed by atoms with E-state index in [1.54, 1.807) is 38.3 Å². The number of pyridine rings is 1. The summed E-state index contributed by atoms with van der Waals surface area (Å²) in [7, 11) is 0. The van der Waals surface area contributed by atoms with Crippen LogP contribution in [0.4, 0.5) is 13.6 Å². The number of β-amino-alcohol motifs (C(OH)–C–C–N with tert-alkyl or cyclic N) is 1. The molecule has 2 aromatic rings. The van der Waals surface area contributed by atoms with Gasteiger partial charge >= 0.3 is 12.1 Å². The van der Waals surface area contributed by atoms with Gasteiger partial charge in [0.1, 0.15) is 11.2 Å². The Labute approximate surface area is 213 Å². The third-order valence-corrected chi connectivity index (χ3v) is 6.39. The maximum absolute atomic E-state index is 15.1. The molecular formula is C27H32F2N2O6. The molecule has 0 radical (unpaired) electrons. The molecule has 1 aliphatic heterocycles. The molecule has 0 unspecified atom stereocenters. The number of nitrogens with zero attached hydrogens (tertiary/aromatic N) is 2. The van der Waals surface area contributed by atoms with Gasteiger partial charge < -0.3 is 24.0 Å². The number of esters is 1. The van der Waals surface area contributed by atoms with E-state index in [4.69, 9.17) is 9.47 Å². The molecule has 8 nitrogen and oxygen atoms in total. The molecule has 1 amide bonds. The van der Waals surface area contributed by atoms with Crippen molar-refractivity contribution in [2.45, 2.75) is 77.2 Å². The van der Waals surface area contributed by atoms with Crippen LogP contribution in [0.5, 0.6) is 0 Å². The monoisotopic (exact) mass is 518 g/mol. The molecule has 2 fully saturated rings. The van der Waals surface area contributed by atoms with Gasteiger partial charge in [0, 0.05) is 23.8 Å². The van der Waals surface area contributed by atoms with Gasteiger partial charge in [0.2, 0.25) is 5.43 Å². The molecule has 4 rings (SSSR count). The van der Waals surface area contributed by atoms with Gasteiger partial charge in [0.15, 0.2) is 11.6 Å². The number of rotatable bonds is 6. The molecule has 0 spiro atoms. The summed E-state index contributed by atoms with van der Waals surface area (Å²) >= 11 is 0. The predicted octanol–water partition coefficient (Wildman–Crippen LogP) is 4.56. The second kappa shape index (κ2) is 10.2. The number of carbonyl (C=O) groups excluding carboxylic acids is 2. The Kier molecular flexibility index (Phi) is 7.41. The quantitative estimate of drug-likeness (QED) is 0.563. The van der Waals surface area contributed by atoms with Crippen LogP contribution in [0, 0.1) is 11.6 Å². The van der Waals surface area contributed by atoms with Gasteiger partial charge in [-0.2, -0.15) is 0 Å². The Bertz CT molecular complexity index is 1310. The fourth-order valence-corrected chi connectivity index (χ4v) is 4.64. The highest BCUT2D eigenvalue weighted by atomic mass is 19.2. The number of amides is 1. The zero-order valence-electron chi connectivity index (χ0n) is 21.4. The molecule has 37 heavy (non-hydrogen) atoms. The number of aliphatic hydroxyl groups excluding tert-OH is 1. The van der Waals surface area contributed by atoms with Crippen LogP contribution in [0.15, 0.2) is 23.1 Å². The van der Waals surface area contributed by atoms with Gasteiger partial charge in [-0.25, -0.2) is 18.4 Å². The van der Waals surface area contributed by atoms with E-state index >= 15 is 4.39 Å². The van der Waals surface area contributed by atoms with Gasteiger partial charge in [0.25, 0.3) is 0 Å². The first-order chi connectivity index (χ1) is 17.4. The van der Waals surface area contributed by atoms with E-state index in [1.807, 2.05) is 0 Å². The Hall–Kier alpha value is -3.27. The summed E-state index contributed by atoms with van der Waals surface area (Å²) in [5, 5.41) is 10.0. The number of hydrogen-bond donors (Lipinski definition) is 1. The van der Waals surface area contributed by atoms with Crippen molar-refractivity contribution in [3.8, 4) is 0 Å². The molecule has 1 saturated heterocycles. The standard InChI is InChI=1S/C27H32F2N2O6/c1-5-36-25(34)20-14-30(15-9-10-15)23-18(22(29)21(28)12-19(23)24(20)33)8-6-7-16-11-17(32)13-31(16)26(35)37-27(2,3)4/h6,8,12,14-17,32H,5,7,9-11,13H2,1-4H3/b8-6-/t16-,17+/m1/s1. The predicted molar refractivity (Wildman–Crippen MR) is 133 cm³/mol. The molecule has 0 bridgehead atoms. The number of fused-ring (bicyclic) bond motifs is 1. The van der Waals surface area contributed by atoms with Crippen molar-refractivity contribution in [3.05, 3.63) is 51.3 Å². The van der Waals surface area contributed by atoms with Gasteiger partial charge in [0.05, 0.1) is 30.2 Å². The van der Waals surface area contributed by atoms with Crippen LogP contribution in [0.1, 0.15) is 75.3 Å². The SMILES string of the molecule is CCOC(=O)c1cn(C2CC2)c2c(/C=C\C[C@@H]3C[C@H](O)CN3C(=O)OC(C)(C)C)c(F)c(F)cc2c1=O. The highest BCUT2D eigenvalue weighted by molar-refractivity contribution is 5.96. The lowest BCUT2D eigenvalue weighted by molar-refractivity contribution is 0.0210. The van der Waals surface area contributed by atoms with E-state index in [0.717, 1.165) is 18.9 Å². The molecular weight excluding hydrogens is 486 g/mol. The summed E-state index contributed by atoms with van der Waals surface area (Å²) in [5.41, 5.74) is -1.57. The smallest absolute Gasteiger partial charge is 0.410 e. The third kappa shape index (κ3) is 5.69. The van der Waals surface area contributed by atoms with Crippen molar-refractivity contribution in [2.75, 3.05) is 13.2 Å². The van der Waals surface area contributed by atoms with Gasteiger partial charge in [-0.15, -0.1) is 0 Å². The Morgan fingerprint density at radius 3 is 2.57 bits per heavy atom. The lowest BCUT2D eigenvalue weighted by Crippen LogP contribution is -2.40. The van der Waals surface area contributed by atoms with Gasteiger partial charge in [-0.05, 0) is 59.4 Å². The molecule has 200 valence electrons. The minimum absolute atomic E-state index is 0.0547. The van der Waals surface area contributed by atoms with Crippen LogP contribution in [0.2, 0.25) is 0 Å². The first-order valence-corrected chi connectivity index (χ1v) is 12.5. The van der Waals surface area contributed by atoms with E-state index in [9.17, 15) is 23.9 Å². The number of hydrogen-bond acceptors (Lipinski definition) is 6. The normalized spacial score (nSPS) is 20.1.